The number of carboxylic acid groups (broad SMARTS) is 1. The summed E-state index contributed by atoms with van der Waals surface area (Å²) in [6, 6.07) is 0. The SMILES string of the molecule is C=CC(C)(CCCC(=C)C)C(=O)O. The van der Waals surface area contributed by atoms with Gasteiger partial charge in [-0.1, -0.05) is 11.6 Å². The van der Waals surface area contributed by atoms with Crippen molar-refractivity contribution in [2.75, 3.05) is 0 Å². The van der Waals surface area contributed by atoms with Crippen molar-refractivity contribution in [3.8, 4) is 0 Å². The Balaban J connectivity index is 4.06. The van der Waals surface area contributed by atoms with Gasteiger partial charge in [-0.05, 0) is 33.1 Å². The molecule has 13 heavy (non-hydrogen) atoms. The minimum atomic E-state index is -0.802. The largest absolute Gasteiger partial charge is 0.481 e. The fourth-order valence-electron chi connectivity index (χ4n) is 1.05. The van der Waals surface area contributed by atoms with Crippen molar-refractivity contribution in [2.24, 2.45) is 5.41 Å². The van der Waals surface area contributed by atoms with E-state index in [2.05, 4.69) is 13.2 Å². The summed E-state index contributed by atoms with van der Waals surface area (Å²) in [6.45, 7) is 11.0. The summed E-state index contributed by atoms with van der Waals surface area (Å²) in [5.74, 6) is -0.802. The molecule has 1 atom stereocenters. The molecular formula is C11H18O2. The summed E-state index contributed by atoms with van der Waals surface area (Å²) in [6.07, 6.45) is 3.87. The van der Waals surface area contributed by atoms with Crippen LogP contribution in [0.4, 0.5) is 0 Å². The van der Waals surface area contributed by atoms with Crippen molar-refractivity contribution in [3.63, 3.8) is 0 Å². The molecule has 2 nitrogen and oxygen atoms in total. The van der Waals surface area contributed by atoms with Crippen molar-refractivity contribution in [1.82, 2.24) is 0 Å². The molecular weight excluding hydrogens is 164 g/mol. The molecule has 0 aromatic heterocycles. The molecule has 0 amide bonds. The highest BCUT2D eigenvalue weighted by atomic mass is 16.4. The van der Waals surface area contributed by atoms with Gasteiger partial charge in [0.2, 0.25) is 0 Å². The first kappa shape index (κ1) is 11.9. The maximum absolute atomic E-state index is 10.8. The van der Waals surface area contributed by atoms with E-state index in [1.54, 1.807) is 6.92 Å². The molecule has 0 fully saturated rings. The Morgan fingerprint density at radius 2 is 2.15 bits per heavy atom. The first-order valence-electron chi connectivity index (χ1n) is 4.44. The predicted octanol–water partition coefficient (Wildman–Crippen LogP) is 3.01. The van der Waals surface area contributed by atoms with Gasteiger partial charge in [0.15, 0.2) is 0 Å². The second-order valence-electron chi connectivity index (χ2n) is 3.74. The molecule has 0 heterocycles. The van der Waals surface area contributed by atoms with Crippen molar-refractivity contribution in [1.29, 1.82) is 0 Å². The van der Waals surface area contributed by atoms with E-state index >= 15 is 0 Å². The molecule has 2 heteroatoms. The van der Waals surface area contributed by atoms with Crippen LogP contribution in [-0.4, -0.2) is 11.1 Å². The maximum atomic E-state index is 10.8. The van der Waals surface area contributed by atoms with Gasteiger partial charge in [-0.15, -0.1) is 13.2 Å². The zero-order valence-electron chi connectivity index (χ0n) is 8.47. The molecule has 0 aliphatic rings. The molecule has 0 aliphatic heterocycles. The van der Waals surface area contributed by atoms with Crippen LogP contribution in [0.1, 0.15) is 33.1 Å². The fourth-order valence-corrected chi connectivity index (χ4v) is 1.05. The van der Waals surface area contributed by atoms with E-state index in [-0.39, 0.29) is 0 Å². The van der Waals surface area contributed by atoms with Crippen molar-refractivity contribution in [2.45, 2.75) is 33.1 Å². The normalized spacial score (nSPS) is 14.6. The van der Waals surface area contributed by atoms with E-state index in [1.165, 1.54) is 6.08 Å². The Labute approximate surface area is 80.0 Å². The molecule has 0 radical (unpaired) electrons. The first-order valence-corrected chi connectivity index (χ1v) is 4.44. The number of hydrogen-bond acceptors (Lipinski definition) is 1. The lowest BCUT2D eigenvalue weighted by Gasteiger charge is -2.19. The molecule has 0 rings (SSSR count). The van der Waals surface area contributed by atoms with Gasteiger partial charge in [0.1, 0.15) is 0 Å². The highest BCUT2D eigenvalue weighted by Gasteiger charge is 2.28. The van der Waals surface area contributed by atoms with Gasteiger partial charge in [0.25, 0.3) is 0 Å². The van der Waals surface area contributed by atoms with Crippen LogP contribution in [0.15, 0.2) is 24.8 Å². The van der Waals surface area contributed by atoms with Crippen LogP contribution in [0.25, 0.3) is 0 Å². The number of carboxylic acids is 1. The number of hydrogen-bond donors (Lipinski definition) is 1. The standard InChI is InChI=1S/C11H18O2/c1-5-11(4,10(12)13)8-6-7-9(2)3/h5H,1-2,6-8H2,3-4H3,(H,12,13). The van der Waals surface area contributed by atoms with Crippen molar-refractivity contribution >= 4 is 5.97 Å². The van der Waals surface area contributed by atoms with Gasteiger partial charge in [-0.25, -0.2) is 0 Å². The lowest BCUT2D eigenvalue weighted by Crippen LogP contribution is -2.24. The Morgan fingerprint density at radius 3 is 2.46 bits per heavy atom. The van der Waals surface area contributed by atoms with Crippen LogP contribution < -0.4 is 0 Å². The summed E-state index contributed by atoms with van der Waals surface area (Å²) >= 11 is 0. The highest BCUT2D eigenvalue weighted by Crippen LogP contribution is 2.26. The average Bonchev–Trinajstić information content (AvgIpc) is 2.03. The number of rotatable bonds is 6. The van der Waals surface area contributed by atoms with E-state index in [1.807, 2.05) is 6.92 Å². The molecule has 0 saturated carbocycles. The summed E-state index contributed by atoms with van der Waals surface area (Å²) in [4.78, 5) is 10.8. The Hall–Kier alpha value is -1.05. The fraction of sp³-hybridized carbons (Fsp3) is 0.545. The van der Waals surface area contributed by atoms with E-state index < -0.39 is 11.4 Å². The number of carbonyl (C=O) groups is 1. The minimum Gasteiger partial charge on any atom is -0.481 e. The Kier molecular flexibility index (Phi) is 4.46. The molecule has 74 valence electrons. The van der Waals surface area contributed by atoms with E-state index in [9.17, 15) is 4.79 Å². The molecule has 0 bridgehead atoms. The monoisotopic (exact) mass is 182 g/mol. The average molecular weight is 182 g/mol. The lowest BCUT2D eigenvalue weighted by molar-refractivity contribution is -0.145. The second-order valence-corrected chi connectivity index (χ2v) is 3.74. The highest BCUT2D eigenvalue weighted by molar-refractivity contribution is 5.76. The molecule has 0 spiro atoms. The maximum Gasteiger partial charge on any atom is 0.313 e. The molecule has 0 aromatic carbocycles. The number of allylic oxidation sites excluding steroid dienone is 1. The van der Waals surface area contributed by atoms with E-state index in [0.29, 0.717) is 6.42 Å². The van der Waals surface area contributed by atoms with Gasteiger partial charge >= 0.3 is 5.97 Å². The minimum absolute atomic E-state index is 0.624. The van der Waals surface area contributed by atoms with E-state index in [0.717, 1.165) is 18.4 Å². The van der Waals surface area contributed by atoms with Gasteiger partial charge < -0.3 is 5.11 Å². The zero-order chi connectivity index (χ0) is 10.5. The number of aliphatic carboxylic acids is 1. The summed E-state index contributed by atoms with van der Waals surface area (Å²) in [7, 11) is 0. The van der Waals surface area contributed by atoms with Crippen LogP contribution in [0, 0.1) is 5.41 Å². The molecule has 1 unspecified atom stereocenters. The van der Waals surface area contributed by atoms with Gasteiger partial charge in [-0.2, -0.15) is 0 Å². The molecule has 1 N–H and O–H groups in total. The Morgan fingerprint density at radius 1 is 1.62 bits per heavy atom. The molecule has 0 aromatic rings. The Bertz CT molecular complexity index is 218. The summed E-state index contributed by atoms with van der Waals surface area (Å²) < 4.78 is 0. The lowest BCUT2D eigenvalue weighted by atomic mass is 9.85. The van der Waals surface area contributed by atoms with Gasteiger partial charge in [0, 0.05) is 0 Å². The van der Waals surface area contributed by atoms with Crippen LogP contribution in [0.5, 0.6) is 0 Å². The van der Waals surface area contributed by atoms with Crippen LogP contribution in [0.2, 0.25) is 0 Å². The van der Waals surface area contributed by atoms with Gasteiger partial charge in [0.05, 0.1) is 5.41 Å². The van der Waals surface area contributed by atoms with Crippen LogP contribution in [-0.2, 0) is 4.79 Å². The second kappa shape index (κ2) is 4.85. The predicted molar refractivity (Wildman–Crippen MR) is 54.6 cm³/mol. The zero-order valence-corrected chi connectivity index (χ0v) is 8.47. The third-order valence-electron chi connectivity index (χ3n) is 2.24. The van der Waals surface area contributed by atoms with E-state index in [4.69, 9.17) is 5.11 Å². The first-order chi connectivity index (χ1) is 5.92. The van der Waals surface area contributed by atoms with Crippen molar-refractivity contribution in [3.05, 3.63) is 24.8 Å². The smallest absolute Gasteiger partial charge is 0.313 e. The third-order valence-corrected chi connectivity index (χ3v) is 2.24. The van der Waals surface area contributed by atoms with Crippen molar-refractivity contribution < 1.29 is 9.90 Å². The van der Waals surface area contributed by atoms with Crippen LogP contribution in [0.3, 0.4) is 0 Å². The molecule has 0 aliphatic carbocycles. The quantitative estimate of drug-likeness (QED) is 0.641. The third kappa shape index (κ3) is 3.92. The summed E-state index contributed by atoms with van der Waals surface area (Å²) in [5, 5.41) is 8.90. The van der Waals surface area contributed by atoms with Crippen LogP contribution >= 0.6 is 0 Å². The van der Waals surface area contributed by atoms with Gasteiger partial charge in [-0.3, -0.25) is 4.79 Å². The topological polar surface area (TPSA) is 37.3 Å². The summed E-state index contributed by atoms with van der Waals surface area (Å²) in [5.41, 5.74) is 0.312. The molecule has 0 saturated heterocycles.